The fraction of sp³-hybridized carbons (Fsp3) is 0.500. The van der Waals surface area contributed by atoms with Gasteiger partial charge in [0.1, 0.15) is 6.10 Å². The van der Waals surface area contributed by atoms with Crippen LogP contribution < -0.4 is 0 Å². The predicted octanol–water partition coefficient (Wildman–Crippen LogP) is -1.24. The van der Waals surface area contributed by atoms with Crippen LogP contribution in [0.4, 0.5) is 0 Å². The van der Waals surface area contributed by atoms with E-state index in [1.165, 1.54) is 6.92 Å². The highest BCUT2D eigenvalue weighted by molar-refractivity contribution is 7.79. The summed E-state index contributed by atoms with van der Waals surface area (Å²) in [6.07, 6.45) is -1.64. The molecule has 0 amide bonds. The number of aliphatic hydroxyl groups excluding tert-OH is 2. The molecule has 0 aromatic heterocycles. The van der Waals surface area contributed by atoms with Crippen LogP contribution >= 0.6 is 0 Å². The largest absolute Gasteiger partial charge is 0.430 e. The number of ether oxygens (including phenoxy) is 1. The number of carbonyl (C=O) groups excluding carboxylic acids is 1. The van der Waals surface area contributed by atoms with Crippen LogP contribution in [0.15, 0.2) is 12.7 Å². The third-order valence-corrected chi connectivity index (χ3v) is 0.816. The maximum Gasteiger partial charge on any atom is 0.394 e. The van der Waals surface area contributed by atoms with Gasteiger partial charge in [-0.25, -0.2) is 4.79 Å². The van der Waals surface area contributed by atoms with Crippen LogP contribution in [0.3, 0.4) is 0 Å². The van der Waals surface area contributed by atoms with Gasteiger partial charge in [-0.3, -0.25) is 9.11 Å². The second-order valence-corrected chi connectivity index (χ2v) is 3.12. The Labute approximate surface area is 86.4 Å². The average molecular weight is 244 g/mol. The smallest absolute Gasteiger partial charge is 0.394 e. The molecule has 0 bridgehead atoms. The van der Waals surface area contributed by atoms with Gasteiger partial charge in [0, 0.05) is 6.08 Å². The minimum Gasteiger partial charge on any atom is -0.430 e. The van der Waals surface area contributed by atoms with Gasteiger partial charge >= 0.3 is 16.4 Å². The zero-order chi connectivity index (χ0) is 12.6. The number of esters is 1. The fourth-order valence-electron chi connectivity index (χ4n) is 0.266. The van der Waals surface area contributed by atoms with Crippen molar-refractivity contribution in [1.29, 1.82) is 0 Å². The fourth-order valence-corrected chi connectivity index (χ4v) is 0.266. The summed E-state index contributed by atoms with van der Waals surface area (Å²) in [5.41, 5.74) is 0. The molecule has 0 aliphatic heterocycles. The predicted molar refractivity (Wildman–Crippen MR) is 48.2 cm³/mol. The maximum atomic E-state index is 10.3. The third-order valence-electron chi connectivity index (χ3n) is 0.816. The molecule has 0 spiro atoms. The first-order valence-electron chi connectivity index (χ1n) is 3.47. The van der Waals surface area contributed by atoms with Gasteiger partial charge in [-0.1, -0.05) is 6.58 Å². The highest BCUT2D eigenvalue weighted by atomic mass is 32.3. The number of hydrogen-bond acceptors (Lipinski definition) is 6. The Hall–Kier alpha value is -1.00. The van der Waals surface area contributed by atoms with Crippen LogP contribution in [-0.2, 0) is 19.9 Å². The Morgan fingerprint density at radius 2 is 1.73 bits per heavy atom. The zero-order valence-electron chi connectivity index (χ0n) is 7.77. The van der Waals surface area contributed by atoms with Crippen LogP contribution in [0.2, 0.25) is 0 Å². The molecule has 0 saturated carbocycles. The van der Waals surface area contributed by atoms with E-state index in [4.69, 9.17) is 27.7 Å². The molecular weight excluding hydrogens is 232 g/mol. The molecule has 0 aliphatic carbocycles. The van der Waals surface area contributed by atoms with E-state index in [1.807, 2.05) is 0 Å². The van der Waals surface area contributed by atoms with Gasteiger partial charge in [0.25, 0.3) is 0 Å². The molecular formula is C6H12O8S. The van der Waals surface area contributed by atoms with Gasteiger partial charge in [0.15, 0.2) is 0 Å². The van der Waals surface area contributed by atoms with E-state index in [0.717, 1.165) is 6.08 Å². The van der Waals surface area contributed by atoms with E-state index in [-0.39, 0.29) is 0 Å². The first-order chi connectivity index (χ1) is 6.57. The topological polar surface area (TPSA) is 141 Å². The monoisotopic (exact) mass is 244 g/mol. The van der Waals surface area contributed by atoms with Gasteiger partial charge in [0.05, 0.1) is 0 Å². The normalized spacial score (nSPS) is 14.2. The number of rotatable bonds is 3. The summed E-state index contributed by atoms with van der Waals surface area (Å²) in [7, 11) is -4.67. The van der Waals surface area contributed by atoms with E-state index in [2.05, 4.69) is 11.3 Å². The average Bonchev–Trinajstić information content (AvgIpc) is 2.00. The number of hydrogen-bond donors (Lipinski definition) is 4. The first kappa shape index (κ1) is 16.4. The summed E-state index contributed by atoms with van der Waals surface area (Å²) < 4.78 is 35.8. The van der Waals surface area contributed by atoms with Crippen molar-refractivity contribution in [2.45, 2.75) is 19.3 Å². The van der Waals surface area contributed by atoms with Crippen molar-refractivity contribution in [3.05, 3.63) is 12.7 Å². The van der Waals surface area contributed by atoms with Crippen LogP contribution in [-0.4, -0.2) is 46.1 Å². The molecule has 15 heavy (non-hydrogen) atoms. The molecule has 0 rings (SSSR count). The van der Waals surface area contributed by atoms with Crippen molar-refractivity contribution in [3.63, 3.8) is 0 Å². The third kappa shape index (κ3) is 19.4. The summed E-state index contributed by atoms with van der Waals surface area (Å²) in [5.74, 6) is -0.756. The second-order valence-electron chi connectivity index (χ2n) is 2.22. The van der Waals surface area contributed by atoms with Gasteiger partial charge in [0.2, 0.25) is 6.29 Å². The summed E-state index contributed by atoms with van der Waals surface area (Å²) in [6.45, 7) is 4.41. The molecule has 0 fully saturated rings. The van der Waals surface area contributed by atoms with E-state index in [1.54, 1.807) is 0 Å². The van der Waals surface area contributed by atoms with Crippen LogP contribution in [0.1, 0.15) is 6.92 Å². The van der Waals surface area contributed by atoms with Gasteiger partial charge in [-0.2, -0.15) is 8.42 Å². The standard InChI is InChI=1S/C6H10O4.H2O4S/c1-3-5(8)10-6(9)4(2)7;1-5(2,3)4/h3-4,6-7,9H,1H2,2H3;(H2,1,2,3,4). The van der Waals surface area contributed by atoms with Crippen molar-refractivity contribution in [3.8, 4) is 0 Å². The molecule has 90 valence electrons. The summed E-state index contributed by atoms with van der Waals surface area (Å²) in [6, 6.07) is 0. The summed E-state index contributed by atoms with van der Waals surface area (Å²) >= 11 is 0. The van der Waals surface area contributed by atoms with Gasteiger partial charge in [-0.05, 0) is 6.92 Å². The lowest BCUT2D eigenvalue weighted by molar-refractivity contribution is -0.178. The maximum absolute atomic E-state index is 10.3. The van der Waals surface area contributed by atoms with Gasteiger partial charge in [-0.15, -0.1) is 0 Å². The van der Waals surface area contributed by atoms with E-state index >= 15 is 0 Å². The van der Waals surface area contributed by atoms with Crippen molar-refractivity contribution < 1.29 is 37.3 Å². The Kier molecular flexibility index (Phi) is 8.01. The molecule has 0 aromatic rings. The van der Waals surface area contributed by atoms with E-state index < -0.39 is 28.8 Å². The highest BCUT2D eigenvalue weighted by Crippen LogP contribution is 1.94. The molecule has 4 N–H and O–H groups in total. The zero-order valence-corrected chi connectivity index (χ0v) is 8.59. The molecule has 0 aliphatic rings. The lowest BCUT2D eigenvalue weighted by Crippen LogP contribution is -2.27. The number of carbonyl (C=O) groups is 1. The molecule has 0 radical (unpaired) electrons. The second kappa shape index (κ2) is 7.31. The lowest BCUT2D eigenvalue weighted by atomic mass is 10.4. The quantitative estimate of drug-likeness (QED) is 0.209. The van der Waals surface area contributed by atoms with Crippen molar-refractivity contribution in [2.24, 2.45) is 0 Å². The molecule has 9 heteroatoms. The van der Waals surface area contributed by atoms with Crippen molar-refractivity contribution in [2.75, 3.05) is 0 Å². The lowest BCUT2D eigenvalue weighted by Gasteiger charge is -2.12. The van der Waals surface area contributed by atoms with E-state index in [0.29, 0.717) is 0 Å². The van der Waals surface area contributed by atoms with Crippen molar-refractivity contribution in [1.82, 2.24) is 0 Å². The molecule has 2 unspecified atom stereocenters. The Morgan fingerprint density at radius 1 is 1.40 bits per heavy atom. The van der Waals surface area contributed by atoms with Crippen LogP contribution in [0.25, 0.3) is 0 Å². The van der Waals surface area contributed by atoms with Crippen LogP contribution in [0, 0.1) is 0 Å². The molecule has 0 heterocycles. The van der Waals surface area contributed by atoms with E-state index in [9.17, 15) is 4.79 Å². The first-order valence-corrected chi connectivity index (χ1v) is 4.86. The van der Waals surface area contributed by atoms with Gasteiger partial charge < -0.3 is 14.9 Å². The Bertz CT molecular complexity index is 284. The molecule has 8 nitrogen and oxygen atoms in total. The minimum absolute atomic E-state index is 0.756. The van der Waals surface area contributed by atoms with Crippen LogP contribution in [0.5, 0.6) is 0 Å². The molecule has 0 aromatic carbocycles. The summed E-state index contributed by atoms with van der Waals surface area (Å²) in [5, 5.41) is 17.3. The molecule has 0 saturated heterocycles. The number of aliphatic hydroxyl groups is 2. The summed E-state index contributed by atoms with van der Waals surface area (Å²) in [4.78, 5) is 10.3. The SMILES string of the molecule is C=CC(=O)OC(O)C(C)O.O=S(=O)(O)O. The van der Waals surface area contributed by atoms with Crippen molar-refractivity contribution >= 4 is 16.4 Å². The minimum atomic E-state index is -4.67. The molecule has 2 atom stereocenters. The Balaban J connectivity index is 0. The highest BCUT2D eigenvalue weighted by Gasteiger charge is 2.13. The Morgan fingerprint density at radius 3 is 1.93 bits per heavy atom.